The van der Waals surface area contributed by atoms with Gasteiger partial charge in [-0.15, -0.1) is 0 Å². The highest BCUT2D eigenvalue weighted by Gasteiger charge is 2.16. The van der Waals surface area contributed by atoms with Crippen molar-refractivity contribution in [3.05, 3.63) is 53.3 Å². The molecule has 0 saturated carbocycles. The zero-order chi connectivity index (χ0) is 17.2. The van der Waals surface area contributed by atoms with E-state index in [1.807, 2.05) is 13.8 Å². The minimum Gasteiger partial charge on any atom is -0.473 e. The van der Waals surface area contributed by atoms with Gasteiger partial charge < -0.3 is 9.64 Å². The second-order valence-corrected chi connectivity index (χ2v) is 5.92. The van der Waals surface area contributed by atoms with Crippen LogP contribution < -0.4 is 4.74 Å². The number of benzene rings is 1. The molecule has 0 saturated heterocycles. The summed E-state index contributed by atoms with van der Waals surface area (Å²) in [4.78, 5) is 2.33. The van der Waals surface area contributed by atoms with E-state index in [1.165, 1.54) is 16.8 Å². The Balaban J connectivity index is 0.00000127. The molecular weight excluding hydrogens is 282 g/mol. The summed E-state index contributed by atoms with van der Waals surface area (Å²) >= 11 is 0. The summed E-state index contributed by atoms with van der Waals surface area (Å²) in [7, 11) is 0. The largest absolute Gasteiger partial charge is 0.473 e. The second kappa shape index (κ2) is 10.1. The molecule has 2 nitrogen and oxygen atoms in total. The van der Waals surface area contributed by atoms with Gasteiger partial charge in [0, 0.05) is 12.2 Å². The summed E-state index contributed by atoms with van der Waals surface area (Å²) < 4.78 is 6.06. The van der Waals surface area contributed by atoms with Crippen LogP contribution in [0.3, 0.4) is 0 Å². The summed E-state index contributed by atoms with van der Waals surface area (Å²) in [5.41, 5.74) is 3.92. The van der Waals surface area contributed by atoms with Crippen LogP contribution >= 0.6 is 0 Å². The maximum absolute atomic E-state index is 6.06. The van der Waals surface area contributed by atoms with Crippen LogP contribution in [0.2, 0.25) is 0 Å². The van der Waals surface area contributed by atoms with Crippen LogP contribution in [0.5, 0.6) is 5.75 Å². The van der Waals surface area contributed by atoms with Gasteiger partial charge in [-0.2, -0.15) is 0 Å². The molecule has 1 aromatic rings. The smallest absolute Gasteiger partial charge is 0.161 e. The molecule has 2 rings (SSSR count). The van der Waals surface area contributed by atoms with Gasteiger partial charge in [-0.3, -0.25) is 0 Å². The van der Waals surface area contributed by atoms with Crippen molar-refractivity contribution in [1.29, 1.82) is 0 Å². The molecule has 0 N–H and O–H groups in total. The maximum atomic E-state index is 6.06. The summed E-state index contributed by atoms with van der Waals surface area (Å²) in [5, 5.41) is 0. The molecule has 0 aliphatic carbocycles. The van der Waals surface area contributed by atoms with Crippen LogP contribution in [0.25, 0.3) is 0 Å². The Morgan fingerprint density at radius 1 is 1.30 bits per heavy atom. The lowest BCUT2D eigenvalue weighted by Crippen LogP contribution is -2.27. The van der Waals surface area contributed by atoms with Crippen LogP contribution in [-0.4, -0.2) is 18.2 Å². The van der Waals surface area contributed by atoms with Gasteiger partial charge in [0.2, 0.25) is 0 Å². The fraction of sp³-hybridized carbons (Fsp3) is 0.524. The van der Waals surface area contributed by atoms with E-state index >= 15 is 0 Å². The Kier molecular flexibility index (Phi) is 8.53. The molecule has 1 heterocycles. The number of rotatable bonds is 4. The summed E-state index contributed by atoms with van der Waals surface area (Å²) in [6.45, 7) is 14.3. The van der Waals surface area contributed by atoms with Crippen LogP contribution in [0.1, 0.15) is 52.7 Å². The molecule has 0 aromatic heterocycles. The van der Waals surface area contributed by atoms with Crippen molar-refractivity contribution in [2.45, 2.75) is 54.4 Å². The lowest BCUT2D eigenvalue weighted by atomic mass is 10.1. The molecule has 0 amide bonds. The molecule has 128 valence electrons. The minimum atomic E-state index is 0.536. The first kappa shape index (κ1) is 19.3. The molecule has 23 heavy (non-hydrogen) atoms. The predicted octanol–water partition coefficient (Wildman–Crippen LogP) is 5.59. The van der Waals surface area contributed by atoms with Crippen LogP contribution in [0.4, 0.5) is 0 Å². The number of hydrogen-bond acceptors (Lipinski definition) is 2. The third-order valence-corrected chi connectivity index (χ3v) is 3.77. The highest BCUT2D eigenvalue weighted by atomic mass is 16.5. The summed E-state index contributed by atoms with van der Waals surface area (Å²) in [6.07, 6.45) is 8.67. The van der Waals surface area contributed by atoms with Crippen molar-refractivity contribution in [1.82, 2.24) is 4.90 Å². The first-order chi connectivity index (χ1) is 11.1. The number of allylic oxidation sites excluding steroid dienone is 3. The molecule has 1 aliphatic heterocycles. The van der Waals surface area contributed by atoms with Crippen molar-refractivity contribution in [2.75, 3.05) is 13.3 Å². The fourth-order valence-corrected chi connectivity index (χ4v) is 2.61. The predicted molar refractivity (Wildman–Crippen MR) is 101 cm³/mol. The Hall–Kier alpha value is -1.70. The molecule has 0 fully saturated rings. The molecule has 0 atom stereocenters. The van der Waals surface area contributed by atoms with Crippen molar-refractivity contribution in [2.24, 2.45) is 5.92 Å². The quantitative estimate of drug-likeness (QED) is 0.672. The van der Waals surface area contributed by atoms with Gasteiger partial charge in [0.05, 0.1) is 0 Å². The van der Waals surface area contributed by atoms with Gasteiger partial charge in [-0.1, -0.05) is 58.9 Å². The van der Waals surface area contributed by atoms with Gasteiger partial charge in [0.1, 0.15) is 5.75 Å². The zero-order valence-corrected chi connectivity index (χ0v) is 15.7. The number of fused-ring (bicyclic) bond motifs is 1. The number of ether oxygens (including phenoxy) is 1. The van der Waals surface area contributed by atoms with Crippen LogP contribution in [0, 0.1) is 5.92 Å². The number of hydrogen-bond donors (Lipinski definition) is 0. The SMILES string of the molecule is C/C=C\C(=C/C(C)C)N1CCc2ccc(CC)cc2OC1.CC. The van der Waals surface area contributed by atoms with E-state index in [0.717, 1.165) is 25.1 Å². The summed E-state index contributed by atoms with van der Waals surface area (Å²) in [5.74, 6) is 1.59. The number of nitrogens with zero attached hydrogens (tertiary/aromatic N) is 1. The number of aryl methyl sites for hydroxylation is 1. The third-order valence-electron chi connectivity index (χ3n) is 3.77. The highest BCUT2D eigenvalue weighted by Crippen LogP contribution is 2.26. The van der Waals surface area contributed by atoms with Gasteiger partial charge in [0.25, 0.3) is 0 Å². The topological polar surface area (TPSA) is 12.5 Å². The van der Waals surface area contributed by atoms with E-state index in [2.05, 4.69) is 69.0 Å². The molecule has 1 aromatic carbocycles. The lowest BCUT2D eigenvalue weighted by molar-refractivity contribution is 0.175. The van der Waals surface area contributed by atoms with E-state index in [4.69, 9.17) is 4.74 Å². The highest BCUT2D eigenvalue weighted by molar-refractivity contribution is 5.38. The van der Waals surface area contributed by atoms with Crippen molar-refractivity contribution in [3.8, 4) is 5.75 Å². The normalized spacial score (nSPS) is 14.9. The monoisotopic (exact) mass is 315 g/mol. The molecule has 0 unspecified atom stereocenters. The second-order valence-electron chi connectivity index (χ2n) is 5.92. The fourth-order valence-electron chi connectivity index (χ4n) is 2.61. The van der Waals surface area contributed by atoms with Crippen molar-refractivity contribution >= 4 is 0 Å². The first-order valence-corrected chi connectivity index (χ1v) is 8.98. The Labute approximate surface area is 142 Å². The molecule has 0 radical (unpaired) electrons. The Morgan fingerprint density at radius 2 is 2.04 bits per heavy atom. The standard InChI is InChI=1S/C19H27NO.C2H6/c1-5-7-18(12-15(3)4)20-11-10-17-9-8-16(6-2)13-19(17)21-14-20;1-2/h5,7-9,12-13,15H,6,10-11,14H2,1-4H3;1-2H3/b7-5-,18-12+;. The maximum Gasteiger partial charge on any atom is 0.161 e. The van der Waals surface area contributed by atoms with Gasteiger partial charge in [-0.25, -0.2) is 0 Å². The molecule has 2 heteroatoms. The third kappa shape index (κ3) is 5.78. The van der Waals surface area contributed by atoms with E-state index in [1.54, 1.807) is 0 Å². The van der Waals surface area contributed by atoms with Gasteiger partial charge >= 0.3 is 0 Å². The van der Waals surface area contributed by atoms with Crippen LogP contribution in [-0.2, 0) is 12.8 Å². The average Bonchev–Trinajstić information content (AvgIpc) is 2.77. The first-order valence-electron chi connectivity index (χ1n) is 8.98. The zero-order valence-electron chi connectivity index (χ0n) is 15.7. The summed E-state index contributed by atoms with van der Waals surface area (Å²) in [6, 6.07) is 6.63. The Morgan fingerprint density at radius 3 is 2.65 bits per heavy atom. The van der Waals surface area contributed by atoms with Gasteiger partial charge in [-0.05, 0) is 49.0 Å². The lowest BCUT2D eigenvalue weighted by Gasteiger charge is -2.24. The molecular formula is C21H33NO. The van der Waals surface area contributed by atoms with E-state index < -0.39 is 0 Å². The Bertz CT molecular complexity index is 529. The molecule has 0 bridgehead atoms. The van der Waals surface area contributed by atoms with E-state index in [0.29, 0.717) is 12.6 Å². The van der Waals surface area contributed by atoms with Crippen molar-refractivity contribution in [3.63, 3.8) is 0 Å². The van der Waals surface area contributed by atoms with E-state index in [9.17, 15) is 0 Å². The average molecular weight is 316 g/mol. The van der Waals surface area contributed by atoms with Crippen molar-refractivity contribution < 1.29 is 4.74 Å². The van der Waals surface area contributed by atoms with E-state index in [-0.39, 0.29) is 0 Å². The molecule has 0 spiro atoms. The minimum absolute atomic E-state index is 0.536. The van der Waals surface area contributed by atoms with Crippen LogP contribution in [0.15, 0.2) is 42.1 Å². The molecule has 1 aliphatic rings. The van der Waals surface area contributed by atoms with Gasteiger partial charge in [0.15, 0.2) is 6.73 Å².